The molecule has 4 aromatic rings. The maximum absolute atomic E-state index is 13.0. The van der Waals surface area contributed by atoms with Crippen LogP contribution in [0.25, 0.3) is 22.0 Å². The summed E-state index contributed by atoms with van der Waals surface area (Å²) < 4.78 is 25.1. The van der Waals surface area contributed by atoms with Gasteiger partial charge in [0.2, 0.25) is 0 Å². The number of aryl methyl sites for hydroxylation is 1. The standard InChI is InChI=1S/C26H24N4O3S/c1-16-24(26(31)30-34(27,32)33)25(17-7-3-2-4-8-17)22-15-20(11-12-23(22)28-16)29-21-13-18-9-5-6-10-19(18)14-21/h2-12,15,21,29H,13-14H2,1H3,(H,30,31)(H2,27,32,33). The van der Waals surface area contributed by atoms with Gasteiger partial charge in [-0.25, -0.2) is 9.86 Å². The van der Waals surface area contributed by atoms with E-state index in [2.05, 4.69) is 34.6 Å². The number of carbonyl (C=O) groups is 1. The van der Waals surface area contributed by atoms with E-state index >= 15 is 0 Å². The van der Waals surface area contributed by atoms with Crippen LogP contribution in [0.3, 0.4) is 0 Å². The Labute approximate surface area is 198 Å². The highest BCUT2D eigenvalue weighted by atomic mass is 32.2. The van der Waals surface area contributed by atoms with Crippen molar-refractivity contribution < 1.29 is 13.2 Å². The van der Waals surface area contributed by atoms with Gasteiger partial charge in [0.15, 0.2) is 0 Å². The number of nitrogens with one attached hydrogen (secondary N) is 2. The van der Waals surface area contributed by atoms with E-state index in [9.17, 15) is 13.2 Å². The van der Waals surface area contributed by atoms with E-state index in [1.807, 2.05) is 53.3 Å². The lowest BCUT2D eigenvalue weighted by molar-refractivity contribution is 0.0981. The molecule has 0 atom stereocenters. The molecule has 8 heteroatoms. The van der Waals surface area contributed by atoms with Crippen molar-refractivity contribution in [3.8, 4) is 11.1 Å². The summed E-state index contributed by atoms with van der Waals surface area (Å²) in [6.45, 7) is 1.69. The summed E-state index contributed by atoms with van der Waals surface area (Å²) in [6, 6.07) is 24.0. The van der Waals surface area contributed by atoms with E-state index in [0.717, 1.165) is 29.5 Å². The number of pyridine rings is 1. The maximum atomic E-state index is 13.0. The summed E-state index contributed by atoms with van der Waals surface area (Å²) in [6.07, 6.45) is 1.88. The molecule has 5 rings (SSSR count). The zero-order valence-electron chi connectivity index (χ0n) is 18.6. The third-order valence-corrected chi connectivity index (χ3v) is 6.58. The molecule has 34 heavy (non-hydrogen) atoms. The highest BCUT2D eigenvalue weighted by molar-refractivity contribution is 7.87. The normalized spacial score (nSPS) is 13.6. The van der Waals surface area contributed by atoms with Crippen molar-refractivity contribution in [1.82, 2.24) is 9.71 Å². The molecule has 1 amide bonds. The molecule has 0 unspecified atom stereocenters. The average Bonchev–Trinajstić information content (AvgIpc) is 3.20. The topological polar surface area (TPSA) is 114 Å². The zero-order chi connectivity index (χ0) is 23.9. The first-order valence-corrected chi connectivity index (χ1v) is 12.5. The Bertz CT molecular complexity index is 1490. The van der Waals surface area contributed by atoms with Crippen molar-refractivity contribution in [2.75, 3.05) is 5.32 Å². The van der Waals surface area contributed by atoms with E-state index < -0.39 is 16.1 Å². The third-order valence-electron chi connectivity index (χ3n) is 6.11. The number of carbonyl (C=O) groups excluding carboxylic acids is 1. The Morgan fingerprint density at radius 2 is 1.62 bits per heavy atom. The number of nitrogens with two attached hydrogens (primary N) is 1. The summed E-state index contributed by atoms with van der Waals surface area (Å²) >= 11 is 0. The Morgan fingerprint density at radius 3 is 2.26 bits per heavy atom. The van der Waals surface area contributed by atoms with Crippen LogP contribution in [-0.2, 0) is 23.1 Å². The molecule has 0 fully saturated rings. The number of aromatic nitrogens is 1. The average molecular weight is 473 g/mol. The summed E-state index contributed by atoms with van der Waals surface area (Å²) in [5.74, 6) is -0.808. The highest BCUT2D eigenvalue weighted by Crippen LogP contribution is 2.35. The second kappa shape index (κ2) is 8.55. The molecule has 1 aromatic heterocycles. The van der Waals surface area contributed by atoms with Gasteiger partial charge in [0, 0.05) is 22.7 Å². The molecule has 0 aliphatic heterocycles. The van der Waals surface area contributed by atoms with Crippen LogP contribution in [0.1, 0.15) is 27.2 Å². The van der Waals surface area contributed by atoms with Gasteiger partial charge in [-0.05, 0) is 54.7 Å². The molecule has 1 heterocycles. The van der Waals surface area contributed by atoms with Crippen LogP contribution in [0.2, 0.25) is 0 Å². The van der Waals surface area contributed by atoms with Crippen molar-refractivity contribution in [1.29, 1.82) is 0 Å². The number of fused-ring (bicyclic) bond motifs is 2. The lowest BCUT2D eigenvalue weighted by Gasteiger charge is -2.18. The monoisotopic (exact) mass is 472 g/mol. The number of hydrogen-bond acceptors (Lipinski definition) is 5. The van der Waals surface area contributed by atoms with Gasteiger partial charge in [-0.2, -0.15) is 8.42 Å². The molecule has 0 spiro atoms. The molecular weight excluding hydrogens is 448 g/mol. The molecule has 3 aromatic carbocycles. The van der Waals surface area contributed by atoms with Crippen LogP contribution in [0.4, 0.5) is 5.69 Å². The van der Waals surface area contributed by atoms with E-state index in [1.54, 1.807) is 6.92 Å². The second-order valence-electron chi connectivity index (χ2n) is 8.54. The van der Waals surface area contributed by atoms with Crippen molar-refractivity contribution in [3.05, 3.63) is 95.2 Å². The molecule has 1 aliphatic carbocycles. The van der Waals surface area contributed by atoms with Gasteiger partial charge in [0.05, 0.1) is 16.8 Å². The predicted molar refractivity (Wildman–Crippen MR) is 134 cm³/mol. The fourth-order valence-electron chi connectivity index (χ4n) is 4.74. The van der Waals surface area contributed by atoms with Crippen molar-refractivity contribution in [3.63, 3.8) is 0 Å². The molecule has 1 aliphatic rings. The molecule has 0 saturated carbocycles. The van der Waals surface area contributed by atoms with Crippen LogP contribution >= 0.6 is 0 Å². The first-order chi connectivity index (χ1) is 16.3. The van der Waals surface area contributed by atoms with Gasteiger partial charge in [-0.15, -0.1) is 0 Å². The van der Waals surface area contributed by atoms with Gasteiger partial charge in [-0.3, -0.25) is 9.78 Å². The van der Waals surface area contributed by atoms with Gasteiger partial charge < -0.3 is 5.32 Å². The number of benzene rings is 3. The Balaban J connectivity index is 1.61. The van der Waals surface area contributed by atoms with Gasteiger partial charge in [0.1, 0.15) is 0 Å². The number of anilines is 1. The largest absolute Gasteiger partial charge is 0.382 e. The maximum Gasteiger partial charge on any atom is 0.298 e. The van der Waals surface area contributed by atoms with Crippen LogP contribution in [0, 0.1) is 6.92 Å². The SMILES string of the molecule is Cc1nc2ccc(NC3Cc4ccccc4C3)cc2c(-c2ccccc2)c1C(=O)NS(N)(=O)=O. The quantitative estimate of drug-likeness (QED) is 0.410. The van der Waals surface area contributed by atoms with Gasteiger partial charge in [-0.1, -0.05) is 54.6 Å². The Kier molecular flexibility index (Phi) is 5.55. The van der Waals surface area contributed by atoms with Crippen molar-refractivity contribution >= 4 is 32.7 Å². The first kappa shape index (κ1) is 22.1. The lowest BCUT2D eigenvalue weighted by Crippen LogP contribution is -2.36. The van der Waals surface area contributed by atoms with Crippen LogP contribution in [-0.4, -0.2) is 25.4 Å². The van der Waals surface area contributed by atoms with Gasteiger partial charge >= 0.3 is 0 Å². The van der Waals surface area contributed by atoms with Gasteiger partial charge in [0.25, 0.3) is 16.1 Å². The number of hydrogen-bond donors (Lipinski definition) is 3. The summed E-state index contributed by atoms with van der Waals surface area (Å²) in [7, 11) is -4.23. The molecule has 4 N–H and O–H groups in total. The lowest BCUT2D eigenvalue weighted by atomic mass is 9.93. The minimum Gasteiger partial charge on any atom is -0.382 e. The predicted octanol–water partition coefficient (Wildman–Crippen LogP) is 3.72. The van der Waals surface area contributed by atoms with E-state index in [0.29, 0.717) is 16.8 Å². The highest BCUT2D eigenvalue weighted by Gasteiger charge is 2.24. The number of rotatable bonds is 5. The number of amides is 1. The van der Waals surface area contributed by atoms with Crippen LogP contribution < -0.4 is 15.2 Å². The molecule has 0 bridgehead atoms. The van der Waals surface area contributed by atoms with Crippen LogP contribution in [0.15, 0.2) is 72.8 Å². The van der Waals surface area contributed by atoms with Crippen LogP contribution in [0.5, 0.6) is 0 Å². The number of nitrogens with zero attached hydrogens (tertiary/aromatic N) is 1. The molecule has 172 valence electrons. The summed E-state index contributed by atoms with van der Waals surface area (Å²) in [5, 5.41) is 9.45. The fourth-order valence-corrected chi connectivity index (χ4v) is 5.10. The Morgan fingerprint density at radius 1 is 0.971 bits per heavy atom. The fraction of sp³-hybridized carbons (Fsp3) is 0.154. The van der Waals surface area contributed by atoms with Crippen molar-refractivity contribution in [2.24, 2.45) is 5.14 Å². The smallest absolute Gasteiger partial charge is 0.298 e. The minimum absolute atomic E-state index is 0.179. The zero-order valence-corrected chi connectivity index (χ0v) is 19.4. The van der Waals surface area contributed by atoms with E-state index in [-0.39, 0.29) is 11.6 Å². The minimum atomic E-state index is -4.23. The van der Waals surface area contributed by atoms with Crippen molar-refractivity contribution in [2.45, 2.75) is 25.8 Å². The third kappa shape index (κ3) is 4.37. The first-order valence-electron chi connectivity index (χ1n) is 11.0. The molecule has 0 radical (unpaired) electrons. The summed E-state index contributed by atoms with van der Waals surface area (Å²) in [4.78, 5) is 17.6. The van der Waals surface area contributed by atoms with E-state index in [4.69, 9.17) is 5.14 Å². The van der Waals surface area contributed by atoms with E-state index in [1.165, 1.54) is 11.1 Å². The second-order valence-corrected chi connectivity index (χ2v) is 9.83. The summed E-state index contributed by atoms with van der Waals surface area (Å²) in [5.41, 5.74) is 6.31. The molecule has 0 saturated heterocycles. The molecule has 7 nitrogen and oxygen atoms in total. The Hall–Kier alpha value is -3.75. The molecular formula is C26H24N4O3S.